The SMILES string of the molecule is NCCCN(Cc1ccccc1)C(=O)C1SCCc2sccc21. The van der Waals surface area contributed by atoms with E-state index in [1.165, 1.54) is 16.0 Å². The van der Waals surface area contributed by atoms with Crippen LogP contribution in [0.25, 0.3) is 0 Å². The summed E-state index contributed by atoms with van der Waals surface area (Å²) in [5, 5.41) is 2.06. The number of thioether (sulfide) groups is 1. The van der Waals surface area contributed by atoms with E-state index in [1.807, 2.05) is 23.1 Å². The largest absolute Gasteiger partial charge is 0.337 e. The molecule has 0 bridgehead atoms. The highest BCUT2D eigenvalue weighted by Gasteiger charge is 2.31. The van der Waals surface area contributed by atoms with Crippen molar-refractivity contribution >= 4 is 29.0 Å². The van der Waals surface area contributed by atoms with Gasteiger partial charge in [0.05, 0.1) is 0 Å². The second kappa shape index (κ2) is 7.99. The highest BCUT2D eigenvalue weighted by atomic mass is 32.2. The molecule has 1 unspecified atom stereocenters. The summed E-state index contributed by atoms with van der Waals surface area (Å²) in [6.07, 6.45) is 1.93. The van der Waals surface area contributed by atoms with Crippen LogP contribution >= 0.6 is 23.1 Å². The monoisotopic (exact) mass is 346 g/mol. The van der Waals surface area contributed by atoms with E-state index in [0.717, 1.165) is 25.1 Å². The van der Waals surface area contributed by atoms with Crippen molar-refractivity contribution in [3.8, 4) is 0 Å². The molecule has 1 aliphatic heterocycles. The van der Waals surface area contributed by atoms with Gasteiger partial charge in [-0.05, 0) is 47.7 Å². The van der Waals surface area contributed by atoms with Gasteiger partial charge in [-0.25, -0.2) is 0 Å². The molecule has 0 saturated carbocycles. The molecule has 0 aliphatic carbocycles. The highest BCUT2D eigenvalue weighted by Crippen LogP contribution is 2.40. The minimum atomic E-state index is -0.0495. The van der Waals surface area contributed by atoms with Crippen molar-refractivity contribution in [3.05, 3.63) is 57.8 Å². The third-order valence-electron chi connectivity index (χ3n) is 4.06. The summed E-state index contributed by atoms with van der Waals surface area (Å²) in [6, 6.07) is 12.3. The highest BCUT2D eigenvalue weighted by molar-refractivity contribution is 8.00. The zero-order valence-corrected chi connectivity index (χ0v) is 14.7. The van der Waals surface area contributed by atoms with Gasteiger partial charge in [-0.2, -0.15) is 0 Å². The van der Waals surface area contributed by atoms with Gasteiger partial charge in [0.1, 0.15) is 5.25 Å². The Bertz CT molecular complexity index is 641. The minimum absolute atomic E-state index is 0.0495. The number of rotatable bonds is 6. The van der Waals surface area contributed by atoms with Gasteiger partial charge in [0.15, 0.2) is 0 Å². The van der Waals surface area contributed by atoms with Gasteiger partial charge in [0.25, 0.3) is 0 Å². The number of amides is 1. The van der Waals surface area contributed by atoms with Gasteiger partial charge in [-0.1, -0.05) is 30.3 Å². The molecule has 23 heavy (non-hydrogen) atoms. The second-order valence-electron chi connectivity index (χ2n) is 5.69. The molecule has 2 aromatic rings. The summed E-state index contributed by atoms with van der Waals surface area (Å²) in [4.78, 5) is 16.5. The Morgan fingerprint density at radius 2 is 2.09 bits per heavy atom. The topological polar surface area (TPSA) is 46.3 Å². The molecule has 1 atom stereocenters. The fourth-order valence-electron chi connectivity index (χ4n) is 2.87. The van der Waals surface area contributed by atoms with E-state index in [-0.39, 0.29) is 11.2 Å². The average molecular weight is 347 g/mol. The lowest BCUT2D eigenvalue weighted by atomic mass is 10.1. The molecule has 3 nitrogen and oxygen atoms in total. The Morgan fingerprint density at radius 3 is 2.87 bits per heavy atom. The van der Waals surface area contributed by atoms with Crippen LogP contribution in [0.5, 0.6) is 0 Å². The fraction of sp³-hybridized carbons (Fsp3) is 0.389. The molecule has 0 saturated heterocycles. The maximum atomic E-state index is 13.1. The summed E-state index contributed by atoms with van der Waals surface area (Å²) in [5.74, 6) is 1.26. The molecular formula is C18H22N2OS2. The lowest BCUT2D eigenvalue weighted by molar-refractivity contribution is -0.131. The number of fused-ring (bicyclic) bond motifs is 1. The van der Waals surface area contributed by atoms with E-state index >= 15 is 0 Å². The predicted octanol–water partition coefficient (Wildman–Crippen LogP) is 3.46. The fourth-order valence-corrected chi connectivity index (χ4v) is 5.24. The summed E-state index contributed by atoms with van der Waals surface area (Å²) in [6.45, 7) is 2.00. The molecule has 1 aromatic heterocycles. The van der Waals surface area contributed by atoms with Crippen molar-refractivity contribution < 1.29 is 4.79 Å². The molecule has 2 heterocycles. The molecule has 1 aromatic carbocycles. The minimum Gasteiger partial charge on any atom is -0.337 e. The molecule has 0 radical (unpaired) electrons. The summed E-state index contributed by atoms with van der Waals surface area (Å²) < 4.78 is 0. The second-order valence-corrected chi connectivity index (χ2v) is 7.90. The number of hydrogen-bond acceptors (Lipinski definition) is 4. The Balaban J connectivity index is 1.78. The van der Waals surface area contributed by atoms with Crippen LogP contribution in [0.4, 0.5) is 0 Å². The Kier molecular flexibility index (Phi) is 5.75. The van der Waals surface area contributed by atoms with Crippen LogP contribution in [-0.2, 0) is 17.8 Å². The van der Waals surface area contributed by atoms with Crippen LogP contribution in [0.1, 0.15) is 27.7 Å². The van der Waals surface area contributed by atoms with Crippen molar-refractivity contribution in [1.29, 1.82) is 0 Å². The van der Waals surface area contributed by atoms with E-state index < -0.39 is 0 Å². The van der Waals surface area contributed by atoms with Gasteiger partial charge < -0.3 is 10.6 Å². The summed E-state index contributed by atoms with van der Waals surface area (Å²) >= 11 is 3.55. The number of carbonyl (C=O) groups excluding carboxylic acids is 1. The maximum Gasteiger partial charge on any atom is 0.240 e. The number of benzene rings is 1. The summed E-state index contributed by atoms with van der Waals surface area (Å²) in [5.41, 5.74) is 8.06. The number of nitrogens with zero attached hydrogens (tertiary/aromatic N) is 1. The van der Waals surface area contributed by atoms with E-state index in [9.17, 15) is 4.79 Å². The third-order valence-corrected chi connectivity index (χ3v) is 6.29. The van der Waals surface area contributed by atoms with Gasteiger partial charge in [-0.3, -0.25) is 4.79 Å². The lowest BCUT2D eigenvalue weighted by Crippen LogP contribution is -2.36. The first-order chi connectivity index (χ1) is 11.3. The number of hydrogen-bond donors (Lipinski definition) is 1. The van der Waals surface area contributed by atoms with E-state index in [4.69, 9.17) is 5.73 Å². The summed E-state index contributed by atoms with van der Waals surface area (Å²) in [7, 11) is 0. The molecule has 1 aliphatic rings. The molecule has 5 heteroatoms. The van der Waals surface area contributed by atoms with Crippen LogP contribution < -0.4 is 5.73 Å². The zero-order valence-electron chi connectivity index (χ0n) is 13.1. The Labute approximate surface area is 145 Å². The van der Waals surface area contributed by atoms with Crippen LogP contribution in [0.15, 0.2) is 41.8 Å². The quantitative estimate of drug-likeness (QED) is 0.871. The van der Waals surface area contributed by atoms with Gasteiger partial charge in [-0.15, -0.1) is 23.1 Å². The number of nitrogens with two attached hydrogens (primary N) is 1. The lowest BCUT2D eigenvalue weighted by Gasteiger charge is -2.29. The van der Waals surface area contributed by atoms with E-state index in [1.54, 1.807) is 23.1 Å². The van der Waals surface area contributed by atoms with Crippen molar-refractivity contribution in [2.45, 2.75) is 24.6 Å². The van der Waals surface area contributed by atoms with Crippen molar-refractivity contribution in [1.82, 2.24) is 4.90 Å². The predicted molar refractivity (Wildman–Crippen MR) is 98.8 cm³/mol. The Hall–Kier alpha value is -1.30. The van der Waals surface area contributed by atoms with Crippen LogP contribution in [0.2, 0.25) is 0 Å². The number of carbonyl (C=O) groups is 1. The molecule has 0 spiro atoms. The number of aryl methyl sites for hydroxylation is 1. The standard InChI is InChI=1S/C18H22N2OS2/c19-9-4-10-20(13-14-5-2-1-3-6-14)18(21)17-15-7-11-22-16(15)8-12-23-17/h1-3,5-7,11,17H,4,8-10,12-13,19H2. The van der Waals surface area contributed by atoms with Crippen LogP contribution in [-0.4, -0.2) is 29.6 Å². The first-order valence-electron chi connectivity index (χ1n) is 8.00. The smallest absolute Gasteiger partial charge is 0.240 e. The third kappa shape index (κ3) is 3.97. The Morgan fingerprint density at radius 1 is 1.26 bits per heavy atom. The van der Waals surface area contributed by atoms with Gasteiger partial charge in [0.2, 0.25) is 5.91 Å². The first-order valence-corrected chi connectivity index (χ1v) is 9.93. The molecular weight excluding hydrogens is 324 g/mol. The van der Waals surface area contributed by atoms with Crippen LogP contribution in [0.3, 0.4) is 0 Å². The molecule has 122 valence electrons. The molecule has 2 N–H and O–H groups in total. The molecule has 3 rings (SSSR count). The maximum absolute atomic E-state index is 13.1. The van der Waals surface area contributed by atoms with Crippen LogP contribution in [0, 0.1) is 0 Å². The molecule has 0 fully saturated rings. The first kappa shape index (κ1) is 16.6. The van der Waals surface area contributed by atoms with Crippen molar-refractivity contribution in [2.24, 2.45) is 5.73 Å². The normalized spacial score (nSPS) is 16.8. The van der Waals surface area contributed by atoms with E-state index in [2.05, 4.69) is 23.6 Å². The van der Waals surface area contributed by atoms with E-state index in [0.29, 0.717) is 13.1 Å². The van der Waals surface area contributed by atoms with Crippen molar-refractivity contribution in [2.75, 3.05) is 18.8 Å². The average Bonchev–Trinajstić information content (AvgIpc) is 3.07. The zero-order chi connectivity index (χ0) is 16.1. The molecule has 1 amide bonds. The van der Waals surface area contributed by atoms with Crippen molar-refractivity contribution in [3.63, 3.8) is 0 Å². The van der Waals surface area contributed by atoms with Gasteiger partial charge >= 0.3 is 0 Å². The number of thiophene rings is 1. The van der Waals surface area contributed by atoms with Gasteiger partial charge in [0, 0.05) is 18.0 Å².